The van der Waals surface area contributed by atoms with Gasteiger partial charge < -0.3 is 19.7 Å². The van der Waals surface area contributed by atoms with E-state index >= 15 is 0 Å². The van der Waals surface area contributed by atoms with E-state index in [9.17, 15) is 35.5 Å². The van der Waals surface area contributed by atoms with E-state index in [1.54, 1.807) is 25.1 Å². The minimum Gasteiger partial charge on any atom is -0.744 e. The van der Waals surface area contributed by atoms with E-state index < -0.39 is 41.6 Å². The monoisotopic (exact) mass is 622 g/mol. The van der Waals surface area contributed by atoms with E-state index in [-0.39, 0.29) is 110 Å². The number of carbonyl (C=O) groups excluding carboxylic acids is 2. The third kappa shape index (κ3) is 6.43. The van der Waals surface area contributed by atoms with Gasteiger partial charge in [0, 0.05) is 11.1 Å². The molecule has 0 unspecified atom stereocenters. The number of fused-ring (bicyclic) bond motifs is 2. The first kappa shape index (κ1) is 34.1. The molecular weight excluding hydrogens is 602 g/mol. The number of aryl methyl sites for hydroxylation is 2. The molecule has 0 bridgehead atoms. The third-order valence-electron chi connectivity index (χ3n) is 6.48. The van der Waals surface area contributed by atoms with Crippen LogP contribution in [0.25, 0.3) is 0 Å². The van der Waals surface area contributed by atoms with Crippen LogP contribution in [0.15, 0.2) is 82.6 Å². The molecule has 0 fully saturated rings. The number of rotatable bonds is 6. The molecule has 4 aromatic carbocycles. The van der Waals surface area contributed by atoms with E-state index in [2.05, 4.69) is 10.6 Å². The van der Waals surface area contributed by atoms with Crippen LogP contribution in [0.5, 0.6) is 0 Å². The zero-order chi connectivity index (χ0) is 29.0. The molecule has 10 nitrogen and oxygen atoms in total. The summed E-state index contributed by atoms with van der Waals surface area (Å²) >= 11 is 0. The summed E-state index contributed by atoms with van der Waals surface area (Å²) < 4.78 is 72.0. The van der Waals surface area contributed by atoms with Crippen molar-refractivity contribution in [2.45, 2.75) is 23.6 Å². The van der Waals surface area contributed by atoms with Crippen molar-refractivity contribution < 1.29 is 94.6 Å². The molecule has 0 atom stereocenters. The molecule has 0 aromatic heterocycles. The van der Waals surface area contributed by atoms with Gasteiger partial charge in [-0.3, -0.25) is 9.59 Å². The van der Waals surface area contributed by atoms with E-state index in [1.165, 1.54) is 61.5 Å². The topological polar surface area (TPSA) is 173 Å². The number of hydrogen-bond acceptors (Lipinski definition) is 10. The Morgan fingerprint density at radius 1 is 0.595 bits per heavy atom. The van der Waals surface area contributed by atoms with Gasteiger partial charge in [-0.1, -0.05) is 42.5 Å². The standard InChI is InChI=1S/C28H22N2O8S2.2Na/c1-15-10-11-19(23(14-15)39(33,34)35)29-20-12-13-21(30-22-9-5-6-16(2)28(22)40(36,37)38)25-24(20)26(31)17-7-3-4-8-18(17)27(25)32;;/h3-14,29-30H,1-2H3,(H,33,34,35)(H,36,37,38);;/q;2*+1/p-2. The zero-order valence-corrected chi connectivity index (χ0v) is 28.6. The molecule has 4 aromatic rings. The third-order valence-corrected chi connectivity index (χ3v) is 8.40. The summed E-state index contributed by atoms with van der Waals surface area (Å²) in [6.45, 7) is 3.06. The Kier molecular flexibility index (Phi) is 10.3. The molecule has 5 rings (SSSR count). The van der Waals surface area contributed by atoms with Gasteiger partial charge in [-0.05, 0) is 55.3 Å². The Labute approximate surface area is 287 Å². The van der Waals surface area contributed by atoms with E-state index in [0.717, 1.165) is 0 Å². The van der Waals surface area contributed by atoms with Crippen LogP contribution >= 0.6 is 0 Å². The maximum Gasteiger partial charge on any atom is 1.00 e. The van der Waals surface area contributed by atoms with Gasteiger partial charge in [-0.2, -0.15) is 0 Å². The number of benzene rings is 4. The summed E-state index contributed by atoms with van der Waals surface area (Å²) in [6, 6.07) is 17.4. The summed E-state index contributed by atoms with van der Waals surface area (Å²) in [5.74, 6) is -1.12. The quantitative estimate of drug-likeness (QED) is 0.166. The van der Waals surface area contributed by atoms with Crippen molar-refractivity contribution in [3.05, 3.63) is 106 Å². The molecule has 0 saturated carbocycles. The fourth-order valence-corrected chi connectivity index (χ4v) is 6.31. The van der Waals surface area contributed by atoms with Gasteiger partial charge in [0.1, 0.15) is 20.2 Å². The zero-order valence-electron chi connectivity index (χ0n) is 23.0. The van der Waals surface area contributed by atoms with Crippen molar-refractivity contribution in [3.63, 3.8) is 0 Å². The summed E-state index contributed by atoms with van der Waals surface area (Å²) in [4.78, 5) is 26.4. The number of anilines is 4. The van der Waals surface area contributed by atoms with Crippen LogP contribution in [-0.2, 0) is 20.2 Å². The Hall–Kier alpha value is -2.36. The van der Waals surface area contributed by atoms with Crippen molar-refractivity contribution in [1.29, 1.82) is 0 Å². The summed E-state index contributed by atoms with van der Waals surface area (Å²) in [5.41, 5.74) is 0.586. The number of ketones is 2. The minimum absolute atomic E-state index is 0. The van der Waals surface area contributed by atoms with Crippen LogP contribution in [0.2, 0.25) is 0 Å². The Balaban J connectivity index is 0.00000242. The van der Waals surface area contributed by atoms with Gasteiger partial charge in [0.05, 0.1) is 43.7 Å². The molecule has 0 radical (unpaired) electrons. The second-order valence-corrected chi connectivity index (χ2v) is 11.9. The fraction of sp³-hybridized carbons (Fsp3) is 0.0714. The number of hydrogen-bond donors (Lipinski definition) is 2. The second kappa shape index (κ2) is 12.7. The molecular formula is C28H20N2Na2O8S2. The van der Waals surface area contributed by atoms with E-state index in [4.69, 9.17) is 0 Å². The average Bonchev–Trinajstić information content (AvgIpc) is 2.87. The Morgan fingerprint density at radius 3 is 1.60 bits per heavy atom. The molecule has 0 aliphatic heterocycles. The predicted molar refractivity (Wildman–Crippen MR) is 145 cm³/mol. The second-order valence-electron chi connectivity index (χ2n) is 9.22. The van der Waals surface area contributed by atoms with Crippen LogP contribution < -0.4 is 69.7 Å². The minimum atomic E-state index is -4.91. The Morgan fingerprint density at radius 2 is 1.10 bits per heavy atom. The van der Waals surface area contributed by atoms with Crippen LogP contribution in [0, 0.1) is 13.8 Å². The largest absolute Gasteiger partial charge is 1.00 e. The Bertz CT molecular complexity index is 1980. The molecule has 2 N–H and O–H groups in total. The van der Waals surface area contributed by atoms with Crippen molar-refractivity contribution in [3.8, 4) is 0 Å². The molecule has 1 aliphatic carbocycles. The molecule has 204 valence electrons. The summed E-state index contributed by atoms with van der Waals surface area (Å²) in [6.07, 6.45) is 0. The van der Waals surface area contributed by atoms with Gasteiger partial charge in [-0.15, -0.1) is 0 Å². The molecule has 0 amide bonds. The van der Waals surface area contributed by atoms with Crippen LogP contribution in [0.1, 0.15) is 43.0 Å². The maximum absolute atomic E-state index is 13.7. The molecule has 0 saturated heterocycles. The van der Waals surface area contributed by atoms with Gasteiger partial charge in [-0.25, -0.2) is 16.8 Å². The van der Waals surface area contributed by atoms with Crippen LogP contribution in [0.4, 0.5) is 22.7 Å². The molecule has 0 spiro atoms. The van der Waals surface area contributed by atoms with Crippen molar-refractivity contribution in [2.24, 2.45) is 0 Å². The first-order valence-corrected chi connectivity index (χ1v) is 14.6. The summed E-state index contributed by atoms with van der Waals surface area (Å²) in [5, 5.41) is 5.66. The maximum atomic E-state index is 13.7. The normalized spacial score (nSPS) is 12.4. The fourth-order valence-electron chi connectivity index (χ4n) is 4.74. The molecule has 14 heteroatoms. The van der Waals surface area contributed by atoms with Crippen molar-refractivity contribution in [2.75, 3.05) is 10.6 Å². The van der Waals surface area contributed by atoms with Gasteiger partial charge in [0.25, 0.3) is 0 Å². The van der Waals surface area contributed by atoms with Crippen LogP contribution in [0.3, 0.4) is 0 Å². The smallest absolute Gasteiger partial charge is 0.744 e. The summed E-state index contributed by atoms with van der Waals surface area (Å²) in [7, 11) is -9.82. The van der Waals surface area contributed by atoms with E-state index in [1.807, 2.05) is 0 Å². The van der Waals surface area contributed by atoms with Crippen molar-refractivity contribution in [1.82, 2.24) is 0 Å². The molecule has 1 aliphatic rings. The van der Waals surface area contributed by atoms with Crippen molar-refractivity contribution >= 4 is 54.6 Å². The molecule has 0 heterocycles. The predicted octanol–water partition coefficient (Wildman–Crippen LogP) is -1.62. The first-order valence-electron chi connectivity index (χ1n) is 11.8. The average molecular weight is 623 g/mol. The van der Waals surface area contributed by atoms with E-state index in [0.29, 0.717) is 5.56 Å². The first-order chi connectivity index (χ1) is 18.8. The van der Waals surface area contributed by atoms with Gasteiger partial charge in [0.2, 0.25) is 0 Å². The van der Waals surface area contributed by atoms with Gasteiger partial charge >= 0.3 is 59.1 Å². The SMILES string of the molecule is Cc1ccc(Nc2ccc(Nc3cccc(C)c3S(=O)(=O)[O-])c3c2C(=O)c2ccccc2C3=O)c(S(=O)(=O)[O-])c1.[Na+].[Na+]. The van der Waals surface area contributed by atoms with Crippen LogP contribution in [-0.4, -0.2) is 37.5 Å². The molecule has 42 heavy (non-hydrogen) atoms. The number of nitrogens with one attached hydrogen (secondary N) is 2. The number of carbonyl (C=O) groups is 2. The van der Waals surface area contributed by atoms with Gasteiger partial charge in [0.15, 0.2) is 11.6 Å².